The Morgan fingerprint density at radius 2 is 2.38 bits per heavy atom. The van der Waals surface area contributed by atoms with Crippen LogP contribution in [-0.4, -0.2) is 9.97 Å². The first-order valence-electron chi connectivity index (χ1n) is 4.96. The summed E-state index contributed by atoms with van der Waals surface area (Å²) in [5.41, 5.74) is 1.11. The van der Waals surface area contributed by atoms with Crippen LogP contribution in [-0.2, 0) is 12.2 Å². The van der Waals surface area contributed by atoms with Gasteiger partial charge in [-0.15, -0.1) is 11.3 Å². The molecule has 0 aliphatic heterocycles. The summed E-state index contributed by atoms with van der Waals surface area (Å²) in [5, 5.41) is 4.86. The zero-order valence-electron chi connectivity index (χ0n) is 8.81. The molecule has 0 aliphatic rings. The monoisotopic (exact) mass is 270 g/mol. The van der Waals surface area contributed by atoms with E-state index in [4.69, 9.17) is 11.6 Å². The van der Waals surface area contributed by atoms with Crippen molar-refractivity contribution in [3.63, 3.8) is 0 Å². The van der Waals surface area contributed by atoms with E-state index in [1.807, 2.05) is 12.1 Å². The second-order valence-electron chi connectivity index (χ2n) is 3.17. The normalized spacial score (nSPS) is 10.6. The number of hydrogen-bond acceptors (Lipinski definition) is 4. The fourth-order valence-corrected chi connectivity index (χ4v) is 3.11. The second-order valence-corrected chi connectivity index (χ2v) is 5.48. The van der Waals surface area contributed by atoms with Gasteiger partial charge in [0.2, 0.25) is 0 Å². The first-order chi connectivity index (χ1) is 7.79. The third kappa shape index (κ3) is 2.97. The van der Waals surface area contributed by atoms with Gasteiger partial charge in [0.1, 0.15) is 5.03 Å². The largest absolute Gasteiger partial charge is 0.248 e. The third-order valence-corrected chi connectivity index (χ3v) is 4.48. The predicted octanol–water partition coefficient (Wildman–Crippen LogP) is 4.05. The van der Waals surface area contributed by atoms with Gasteiger partial charge in [0.05, 0.1) is 15.7 Å². The van der Waals surface area contributed by atoms with Crippen LogP contribution in [0.1, 0.15) is 17.6 Å². The zero-order chi connectivity index (χ0) is 11.4. The van der Waals surface area contributed by atoms with Gasteiger partial charge in [-0.1, -0.05) is 30.3 Å². The molecular formula is C11H11ClN2S2. The maximum atomic E-state index is 6.02. The van der Waals surface area contributed by atoms with Crippen LogP contribution in [0, 0.1) is 0 Å². The topological polar surface area (TPSA) is 25.8 Å². The Balaban J connectivity index is 1.99. The Morgan fingerprint density at radius 3 is 3.06 bits per heavy atom. The summed E-state index contributed by atoms with van der Waals surface area (Å²) in [7, 11) is 0. The summed E-state index contributed by atoms with van der Waals surface area (Å²) in [6.07, 6.45) is 2.76. The van der Waals surface area contributed by atoms with Crippen molar-refractivity contribution in [1.82, 2.24) is 9.97 Å². The van der Waals surface area contributed by atoms with Gasteiger partial charge >= 0.3 is 0 Å². The lowest BCUT2D eigenvalue weighted by molar-refractivity contribution is 1.06. The summed E-state index contributed by atoms with van der Waals surface area (Å²) in [5.74, 6) is 0.827. The summed E-state index contributed by atoms with van der Waals surface area (Å²) in [4.78, 5) is 8.73. The number of thioether (sulfide) groups is 1. The van der Waals surface area contributed by atoms with Gasteiger partial charge in [0.15, 0.2) is 0 Å². The maximum absolute atomic E-state index is 6.02. The molecule has 0 saturated heterocycles. The van der Waals surface area contributed by atoms with Gasteiger partial charge in [0, 0.05) is 17.3 Å². The van der Waals surface area contributed by atoms with E-state index >= 15 is 0 Å². The number of pyridine rings is 1. The number of aromatic nitrogens is 2. The van der Waals surface area contributed by atoms with E-state index in [2.05, 4.69) is 22.3 Å². The molecule has 0 saturated carbocycles. The standard InChI is InChI=1S/C11H11ClN2S2/c1-2-10-14-8(6-15-10)7-16-11-9(12)4-3-5-13-11/h3-6H,2,7H2,1H3. The summed E-state index contributed by atoms with van der Waals surface area (Å²) < 4.78 is 0. The number of halogens is 1. The van der Waals surface area contributed by atoms with E-state index in [1.165, 1.54) is 5.01 Å². The molecule has 2 heterocycles. The number of aryl methyl sites for hydroxylation is 1. The Bertz CT molecular complexity index is 471. The molecule has 0 aromatic carbocycles. The minimum atomic E-state index is 0.707. The molecule has 0 atom stereocenters. The number of nitrogens with zero attached hydrogens (tertiary/aromatic N) is 2. The van der Waals surface area contributed by atoms with Crippen LogP contribution in [0.4, 0.5) is 0 Å². The van der Waals surface area contributed by atoms with Crippen LogP contribution in [0.2, 0.25) is 5.02 Å². The average molecular weight is 271 g/mol. The van der Waals surface area contributed by atoms with E-state index < -0.39 is 0 Å². The highest BCUT2D eigenvalue weighted by Gasteiger charge is 2.04. The van der Waals surface area contributed by atoms with Crippen molar-refractivity contribution in [2.24, 2.45) is 0 Å². The van der Waals surface area contributed by atoms with Crippen LogP contribution in [0.3, 0.4) is 0 Å². The highest BCUT2D eigenvalue weighted by Crippen LogP contribution is 2.27. The van der Waals surface area contributed by atoms with Crippen molar-refractivity contribution >= 4 is 34.7 Å². The Kier molecular flexibility index (Phi) is 4.21. The van der Waals surface area contributed by atoms with E-state index in [-0.39, 0.29) is 0 Å². The predicted molar refractivity (Wildman–Crippen MR) is 70.3 cm³/mol. The Labute approximate surface area is 108 Å². The van der Waals surface area contributed by atoms with Crippen molar-refractivity contribution < 1.29 is 0 Å². The van der Waals surface area contributed by atoms with Gasteiger partial charge in [-0.3, -0.25) is 0 Å². The second kappa shape index (κ2) is 5.66. The van der Waals surface area contributed by atoms with E-state index in [1.54, 1.807) is 29.3 Å². The van der Waals surface area contributed by atoms with Crippen LogP contribution < -0.4 is 0 Å². The molecule has 0 bridgehead atoms. The molecule has 2 aromatic heterocycles. The summed E-state index contributed by atoms with van der Waals surface area (Å²) in [6, 6.07) is 3.69. The zero-order valence-corrected chi connectivity index (χ0v) is 11.2. The Hall–Kier alpha value is -0.580. The molecule has 5 heteroatoms. The highest BCUT2D eigenvalue weighted by atomic mass is 35.5. The van der Waals surface area contributed by atoms with Gasteiger partial charge in [-0.25, -0.2) is 9.97 Å². The summed E-state index contributed by atoms with van der Waals surface area (Å²) in [6.45, 7) is 2.12. The molecule has 0 N–H and O–H groups in total. The molecule has 84 valence electrons. The van der Waals surface area contributed by atoms with Crippen LogP contribution >= 0.6 is 34.7 Å². The fourth-order valence-electron chi connectivity index (χ4n) is 1.20. The molecular weight excluding hydrogens is 260 g/mol. The molecule has 16 heavy (non-hydrogen) atoms. The lowest BCUT2D eigenvalue weighted by atomic mass is 10.5. The molecule has 0 amide bonds. The number of rotatable bonds is 4. The minimum absolute atomic E-state index is 0.707. The van der Waals surface area contributed by atoms with Crippen LogP contribution in [0.25, 0.3) is 0 Å². The van der Waals surface area contributed by atoms with Gasteiger partial charge < -0.3 is 0 Å². The lowest BCUT2D eigenvalue weighted by Crippen LogP contribution is -1.85. The molecule has 0 fully saturated rings. The van der Waals surface area contributed by atoms with Crippen molar-refractivity contribution in [3.8, 4) is 0 Å². The van der Waals surface area contributed by atoms with Crippen molar-refractivity contribution in [2.45, 2.75) is 24.1 Å². The van der Waals surface area contributed by atoms with Crippen molar-refractivity contribution in [2.75, 3.05) is 0 Å². The SMILES string of the molecule is CCc1nc(CSc2ncccc2Cl)cs1. The molecule has 0 spiro atoms. The lowest BCUT2D eigenvalue weighted by Gasteiger charge is -2.00. The first-order valence-corrected chi connectivity index (χ1v) is 7.20. The Morgan fingerprint density at radius 1 is 1.50 bits per heavy atom. The molecule has 0 radical (unpaired) electrons. The third-order valence-electron chi connectivity index (χ3n) is 1.98. The molecule has 2 nitrogen and oxygen atoms in total. The van der Waals surface area contributed by atoms with Crippen LogP contribution in [0.15, 0.2) is 28.7 Å². The quantitative estimate of drug-likeness (QED) is 0.784. The molecule has 2 aromatic rings. The minimum Gasteiger partial charge on any atom is -0.248 e. The number of hydrogen-bond donors (Lipinski definition) is 0. The van der Waals surface area contributed by atoms with Gasteiger partial charge in [-0.05, 0) is 18.6 Å². The van der Waals surface area contributed by atoms with E-state index in [9.17, 15) is 0 Å². The van der Waals surface area contributed by atoms with E-state index in [0.717, 1.165) is 22.9 Å². The number of thiazole rings is 1. The van der Waals surface area contributed by atoms with Gasteiger partial charge in [-0.2, -0.15) is 0 Å². The molecule has 0 unspecified atom stereocenters. The molecule has 2 rings (SSSR count). The summed E-state index contributed by atoms with van der Waals surface area (Å²) >= 11 is 9.36. The fraction of sp³-hybridized carbons (Fsp3) is 0.273. The van der Waals surface area contributed by atoms with Gasteiger partial charge in [0.25, 0.3) is 0 Å². The maximum Gasteiger partial charge on any atom is 0.115 e. The highest BCUT2D eigenvalue weighted by molar-refractivity contribution is 7.98. The smallest absolute Gasteiger partial charge is 0.115 e. The van der Waals surface area contributed by atoms with Crippen molar-refractivity contribution in [3.05, 3.63) is 39.4 Å². The van der Waals surface area contributed by atoms with Crippen molar-refractivity contribution in [1.29, 1.82) is 0 Å². The molecule has 0 aliphatic carbocycles. The van der Waals surface area contributed by atoms with E-state index in [0.29, 0.717) is 5.02 Å². The average Bonchev–Trinajstić information content (AvgIpc) is 2.76. The van der Waals surface area contributed by atoms with Crippen LogP contribution in [0.5, 0.6) is 0 Å². The first kappa shape index (κ1) is 11.9.